The maximum Gasteiger partial charge on any atom is 0.118 e. The van der Waals surface area contributed by atoms with E-state index >= 15 is 0 Å². The number of alkyl halides is 1. The van der Waals surface area contributed by atoms with Gasteiger partial charge in [-0.1, -0.05) is 12.1 Å². The van der Waals surface area contributed by atoms with Gasteiger partial charge in [0.2, 0.25) is 0 Å². The van der Waals surface area contributed by atoms with E-state index in [-0.39, 0.29) is 5.92 Å². The van der Waals surface area contributed by atoms with Gasteiger partial charge in [-0.15, -0.1) is 0 Å². The lowest BCUT2D eigenvalue weighted by atomic mass is 10.1. The Bertz CT molecular complexity index is 268. The van der Waals surface area contributed by atoms with Gasteiger partial charge in [0.1, 0.15) is 11.9 Å². The Balaban J connectivity index is 2.14. The second-order valence-electron chi connectivity index (χ2n) is 2.94. The molecule has 12 heavy (non-hydrogen) atoms. The molecule has 1 aliphatic carbocycles. The van der Waals surface area contributed by atoms with Gasteiger partial charge >= 0.3 is 0 Å². The SMILES string of the molecule is COc1ccc(C2[CH]C2F)cc1. The van der Waals surface area contributed by atoms with Crippen molar-refractivity contribution in [1.29, 1.82) is 0 Å². The van der Waals surface area contributed by atoms with Crippen LogP contribution in [-0.4, -0.2) is 13.3 Å². The van der Waals surface area contributed by atoms with Crippen LogP contribution >= 0.6 is 0 Å². The van der Waals surface area contributed by atoms with Crippen LogP contribution in [-0.2, 0) is 0 Å². The summed E-state index contributed by atoms with van der Waals surface area (Å²) in [4.78, 5) is 0. The monoisotopic (exact) mass is 165 g/mol. The maximum absolute atomic E-state index is 12.6. The van der Waals surface area contributed by atoms with Crippen LogP contribution < -0.4 is 4.74 Å². The molecule has 0 spiro atoms. The minimum Gasteiger partial charge on any atom is -0.497 e. The average molecular weight is 165 g/mol. The highest BCUT2D eigenvalue weighted by molar-refractivity contribution is 5.37. The molecule has 1 radical (unpaired) electrons. The second kappa shape index (κ2) is 2.77. The molecule has 2 atom stereocenters. The highest BCUT2D eigenvalue weighted by atomic mass is 19.1. The van der Waals surface area contributed by atoms with Crippen molar-refractivity contribution in [3.8, 4) is 5.75 Å². The fraction of sp³-hybridized carbons (Fsp3) is 0.300. The number of benzene rings is 1. The van der Waals surface area contributed by atoms with Crippen LogP contribution in [0.3, 0.4) is 0 Å². The zero-order valence-electron chi connectivity index (χ0n) is 6.83. The van der Waals surface area contributed by atoms with Crippen LogP contribution in [0.5, 0.6) is 5.75 Å². The van der Waals surface area contributed by atoms with Crippen LogP contribution in [0.25, 0.3) is 0 Å². The largest absolute Gasteiger partial charge is 0.497 e. The zero-order chi connectivity index (χ0) is 8.55. The molecular formula is C10H10FO. The maximum atomic E-state index is 12.6. The van der Waals surface area contributed by atoms with Crippen molar-refractivity contribution >= 4 is 0 Å². The van der Waals surface area contributed by atoms with E-state index in [4.69, 9.17) is 4.74 Å². The van der Waals surface area contributed by atoms with E-state index in [9.17, 15) is 4.39 Å². The van der Waals surface area contributed by atoms with Gasteiger partial charge in [-0.05, 0) is 17.7 Å². The standard InChI is InChI=1S/C10H10FO/c1-12-8-4-2-7(3-5-8)9-6-10(9)11/h2-6,9-10H,1H3. The molecule has 0 bridgehead atoms. The van der Waals surface area contributed by atoms with Gasteiger partial charge < -0.3 is 4.74 Å². The van der Waals surface area contributed by atoms with E-state index in [1.807, 2.05) is 24.3 Å². The van der Waals surface area contributed by atoms with Crippen LogP contribution in [0.2, 0.25) is 0 Å². The van der Waals surface area contributed by atoms with Crippen molar-refractivity contribution in [3.63, 3.8) is 0 Å². The third-order valence-corrected chi connectivity index (χ3v) is 2.09. The van der Waals surface area contributed by atoms with Crippen LogP contribution in [0.15, 0.2) is 24.3 Å². The summed E-state index contributed by atoms with van der Waals surface area (Å²) in [6.07, 6.45) is 0.945. The first kappa shape index (κ1) is 7.59. The van der Waals surface area contributed by atoms with Crippen molar-refractivity contribution in [3.05, 3.63) is 36.2 Å². The summed E-state index contributed by atoms with van der Waals surface area (Å²) in [6, 6.07) is 7.52. The van der Waals surface area contributed by atoms with Gasteiger partial charge in [-0.2, -0.15) is 0 Å². The molecule has 2 rings (SSSR count). The number of rotatable bonds is 2. The lowest BCUT2D eigenvalue weighted by Gasteiger charge is -2.00. The number of ether oxygens (including phenoxy) is 1. The molecule has 2 heteroatoms. The third-order valence-electron chi connectivity index (χ3n) is 2.09. The summed E-state index contributed by atoms with van der Waals surface area (Å²) in [5.74, 6) is 0.839. The van der Waals surface area contributed by atoms with Crippen molar-refractivity contribution in [2.24, 2.45) is 0 Å². The molecule has 63 valence electrons. The molecule has 1 aliphatic rings. The summed E-state index contributed by atoms with van der Waals surface area (Å²) >= 11 is 0. The lowest BCUT2D eigenvalue weighted by Crippen LogP contribution is -1.85. The van der Waals surface area contributed by atoms with Crippen LogP contribution in [0.1, 0.15) is 11.5 Å². The highest BCUT2D eigenvalue weighted by Crippen LogP contribution is 2.42. The fourth-order valence-electron chi connectivity index (χ4n) is 1.26. The summed E-state index contributed by atoms with van der Waals surface area (Å²) in [5.41, 5.74) is 1.03. The molecule has 0 amide bonds. The Labute approximate surface area is 71.2 Å². The number of hydrogen-bond donors (Lipinski definition) is 0. The van der Waals surface area contributed by atoms with E-state index < -0.39 is 6.17 Å². The van der Waals surface area contributed by atoms with Crippen LogP contribution in [0, 0.1) is 6.42 Å². The topological polar surface area (TPSA) is 9.23 Å². The predicted octanol–water partition coefficient (Wildman–Crippen LogP) is 2.33. The van der Waals surface area contributed by atoms with Crippen LogP contribution in [0.4, 0.5) is 4.39 Å². The minimum atomic E-state index is -0.738. The summed E-state index contributed by atoms with van der Waals surface area (Å²) in [7, 11) is 1.62. The molecule has 1 saturated carbocycles. The quantitative estimate of drug-likeness (QED) is 0.653. The summed E-state index contributed by atoms with van der Waals surface area (Å²) < 4.78 is 17.5. The van der Waals surface area contributed by atoms with Crippen molar-refractivity contribution in [1.82, 2.24) is 0 Å². The average Bonchev–Trinajstić information content (AvgIpc) is 2.83. The Hall–Kier alpha value is -1.05. The molecule has 1 nitrogen and oxygen atoms in total. The Kier molecular flexibility index (Phi) is 1.75. The molecule has 1 aromatic carbocycles. The molecule has 0 aromatic heterocycles. The minimum absolute atomic E-state index is 0.0240. The molecule has 1 aromatic rings. The number of methoxy groups -OCH3 is 1. The fourth-order valence-corrected chi connectivity index (χ4v) is 1.26. The Morgan fingerprint density at radius 2 is 1.83 bits per heavy atom. The van der Waals surface area contributed by atoms with E-state index in [1.165, 1.54) is 0 Å². The molecule has 2 unspecified atom stereocenters. The zero-order valence-corrected chi connectivity index (χ0v) is 6.83. The van der Waals surface area contributed by atoms with Gasteiger partial charge in [0.05, 0.1) is 7.11 Å². The molecule has 0 saturated heterocycles. The molecule has 0 heterocycles. The number of halogens is 1. The molecule has 0 aliphatic heterocycles. The molecule has 1 fully saturated rings. The van der Waals surface area contributed by atoms with E-state index in [1.54, 1.807) is 13.5 Å². The lowest BCUT2D eigenvalue weighted by molar-refractivity contribution is 0.414. The van der Waals surface area contributed by atoms with Crippen molar-refractivity contribution in [2.45, 2.75) is 12.1 Å². The number of hydrogen-bond acceptors (Lipinski definition) is 1. The summed E-state index contributed by atoms with van der Waals surface area (Å²) in [6.45, 7) is 0. The van der Waals surface area contributed by atoms with E-state index in [0.29, 0.717) is 0 Å². The van der Waals surface area contributed by atoms with Gasteiger partial charge in [0.25, 0.3) is 0 Å². The van der Waals surface area contributed by atoms with Gasteiger partial charge in [-0.3, -0.25) is 0 Å². The molecular weight excluding hydrogens is 155 g/mol. The smallest absolute Gasteiger partial charge is 0.118 e. The van der Waals surface area contributed by atoms with Gasteiger partial charge in [0, 0.05) is 12.3 Å². The third kappa shape index (κ3) is 1.29. The molecule has 0 N–H and O–H groups in total. The Morgan fingerprint density at radius 3 is 2.25 bits per heavy atom. The van der Waals surface area contributed by atoms with Crippen molar-refractivity contribution in [2.75, 3.05) is 7.11 Å². The highest BCUT2D eigenvalue weighted by Gasteiger charge is 2.39. The normalized spacial score (nSPS) is 26.8. The van der Waals surface area contributed by atoms with Gasteiger partial charge in [0.15, 0.2) is 0 Å². The van der Waals surface area contributed by atoms with Crippen molar-refractivity contribution < 1.29 is 9.13 Å². The van der Waals surface area contributed by atoms with Gasteiger partial charge in [-0.25, -0.2) is 4.39 Å². The second-order valence-corrected chi connectivity index (χ2v) is 2.94. The Morgan fingerprint density at radius 1 is 1.25 bits per heavy atom. The first-order chi connectivity index (χ1) is 5.81. The van der Waals surface area contributed by atoms with E-state index in [2.05, 4.69) is 0 Å². The predicted molar refractivity (Wildman–Crippen MR) is 44.9 cm³/mol. The van der Waals surface area contributed by atoms with E-state index in [0.717, 1.165) is 11.3 Å². The first-order valence-corrected chi connectivity index (χ1v) is 3.94. The summed E-state index contributed by atoms with van der Waals surface area (Å²) in [5, 5.41) is 0. The first-order valence-electron chi connectivity index (χ1n) is 3.94.